The quantitative estimate of drug-likeness (QED) is 0.787. The standard InChI is InChI=1S/C10H13F2NO/c1-6(13-2)7-4-3-5-8(9(7)14)10(11)12/h3-6,10,13-14H,1-2H3. The fourth-order valence-corrected chi connectivity index (χ4v) is 1.26. The molecule has 0 amide bonds. The highest BCUT2D eigenvalue weighted by atomic mass is 19.3. The Hall–Kier alpha value is -1.16. The molecule has 0 fully saturated rings. The average Bonchev–Trinajstić information content (AvgIpc) is 2.16. The van der Waals surface area contributed by atoms with Crippen molar-refractivity contribution < 1.29 is 13.9 Å². The van der Waals surface area contributed by atoms with Gasteiger partial charge in [-0.25, -0.2) is 8.78 Å². The van der Waals surface area contributed by atoms with Gasteiger partial charge in [0, 0.05) is 11.6 Å². The number of aromatic hydroxyl groups is 1. The van der Waals surface area contributed by atoms with Crippen molar-refractivity contribution in [1.82, 2.24) is 5.32 Å². The summed E-state index contributed by atoms with van der Waals surface area (Å²) in [6, 6.07) is 4.23. The molecule has 0 aromatic heterocycles. The molecule has 0 aliphatic rings. The van der Waals surface area contributed by atoms with E-state index in [-0.39, 0.29) is 17.4 Å². The van der Waals surface area contributed by atoms with Gasteiger partial charge in [-0.1, -0.05) is 12.1 Å². The molecule has 0 bridgehead atoms. The molecule has 2 N–H and O–H groups in total. The highest BCUT2D eigenvalue weighted by Crippen LogP contribution is 2.33. The van der Waals surface area contributed by atoms with Crippen molar-refractivity contribution in [3.8, 4) is 5.75 Å². The lowest BCUT2D eigenvalue weighted by Gasteiger charge is -2.14. The summed E-state index contributed by atoms with van der Waals surface area (Å²) in [6.07, 6.45) is -2.64. The third kappa shape index (κ3) is 2.01. The Morgan fingerprint density at radius 2 is 1.86 bits per heavy atom. The predicted octanol–water partition coefficient (Wildman–Crippen LogP) is 2.61. The van der Waals surface area contributed by atoms with Crippen molar-refractivity contribution in [3.63, 3.8) is 0 Å². The molecule has 1 unspecified atom stereocenters. The van der Waals surface area contributed by atoms with E-state index in [0.717, 1.165) is 0 Å². The van der Waals surface area contributed by atoms with E-state index in [2.05, 4.69) is 5.32 Å². The molecule has 2 nitrogen and oxygen atoms in total. The summed E-state index contributed by atoms with van der Waals surface area (Å²) < 4.78 is 24.8. The Labute approximate surface area is 81.6 Å². The second kappa shape index (κ2) is 4.37. The van der Waals surface area contributed by atoms with Crippen LogP contribution < -0.4 is 5.32 Å². The average molecular weight is 201 g/mol. The van der Waals surface area contributed by atoms with E-state index in [1.165, 1.54) is 12.1 Å². The van der Waals surface area contributed by atoms with Crippen molar-refractivity contribution in [2.24, 2.45) is 0 Å². The molecular weight excluding hydrogens is 188 g/mol. The van der Waals surface area contributed by atoms with Gasteiger partial charge in [-0.05, 0) is 20.0 Å². The molecule has 0 aliphatic heterocycles. The van der Waals surface area contributed by atoms with E-state index in [9.17, 15) is 13.9 Å². The van der Waals surface area contributed by atoms with Crippen LogP contribution in [0.1, 0.15) is 30.5 Å². The topological polar surface area (TPSA) is 32.3 Å². The summed E-state index contributed by atoms with van der Waals surface area (Å²) in [5, 5.41) is 12.4. The maximum absolute atomic E-state index is 12.4. The number of halogens is 2. The van der Waals surface area contributed by atoms with Crippen LogP contribution in [0.15, 0.2) is 18.2 Å². The van der Waals surface area contributed by atoms with Crippen LogP contribution in [0.4, 0.5) is 8.78 Å². The van der Waals surface area contributed by atoms with Gasteiger partial charge in [0.1, 0.15) is 5.75 Å². The summed E-state index contributed by atoms with van der Waals surface area (Å²) in [4.78, 5) is 0. The Morgan fingerprint density at radius 3 is 2.36 bits per heavy atom. The maximum atomic E-state index is 12.4. The summed E-state index contributed by atoms with van der Waals surface area (Å²) in [5.74, 6) is -0.315. The van der Waals surface area contributed by atoms with Crippen LogP contribution in [0.5, 0.6) is 5.75 Å². The first-order valence-electron chi connectivity index (χ1n) is 4.35. The van der Waals surface area contributed by atoms with Crippen molar-refractivity contribution in [2.75, 3.05) is 7.05 Å². The molecule has 0 spiro atoms. The van der Waals surface area contributed by atoms with Crippen LogP contribution in [-0.4, -0.2) is 12.2 Å². The van der Waals surface area contributed by atoms with Crippen LogP contribution in [-0.2, 0) is 0 Å². The number of benzene rings is 1. The number of phenols is 1. The van der Waals surface area contributed by atoms with Gasteiger partial charge in [-0.15, -0.1) is 0 Å². The van der Waals surface area contributed by atoms with E-state index < -0.39 is 6.43 Å². The third-order valence-electron chi connectivity index (χ3n) is 2.23. The molecule has 14 heavy (non-hydrogen) atoms. The third-order valence-corrected chi connectivity index (χ3v) is 2.23. The number of rotatable bonds is 3. The number of hydrogen-bond acceptors (Lipinski definition) is 2. The van der Waals surface area contributed by atoms with Crippen molar-refractivity contribution in [2.45, 2.75) is 19.4 Å². The summed E-state index contributed by atoms with van der Waals surface area (Å²) in [5.41, 5.74) is 0.176. The second-order valence-electron chi connectivity index (χ2n) is 3.10. The molecule has 0 heterocycles. The number of alkyl halides is 2. The first-order chi connectivity index (χ1) is 6.57. The molecule has 1 aromatic rings. The van der Waals surface area contributed by atoms with Gasteiger partial charge in [0.05, 0.1) is 5.56 Å². The molecule has 0 radical (unpaired) electrons. The van der Waals surface area contributed by atoms with Gasteiger partial charge in [0.2, 0.25) is 0 Å². The fourth-order valence-electron chi connectivity index (χ4n) is 1.26. The van der Waals surface area contributed by atoms with E-state index in [1.807, 2.05) is 0 Å². The van der Waals surface area contributed by atoms with Gasteiger partial charge < -0.3 is 10.4 Å². The van der Waals surface area contributed by atoms with Gasteiger partial charge >= 0.3 is 0 Å². The predicted molar refractivity (Wildman–Crippen MR) is 50.5 cm³/mol. The zero-order chi connectivity index (χ0) is 10.7. The zero-order valence-corrected chi connectivity index (χ0v) is 8.09. The Balaban J connectivity index is 3.13. The van der Waals surface area contributed by atoms with Crippen LogP contribution in [0.3, 0.4) is 0 Å². The molecule has 1 atom stereocenters. The Kier molecular flexibility index (Phi) is 3.41. The first kappa shape index (κ1) is 10.9. The Morgan fingerprint density at radius 1 is 1.29 bits per heavy atom. The molecule has 1 rings (SSSR count). The number of para-hydroxylation sites is 1. The number of phenolic OH excluding ortho intramolecular Hbond substituents is 1. The minimum absolute atomic E-state index is 0.145. The second-order valence-corrected chi connectivity index (χ2v) is 3.10. The molecule has 78 valence electrons. The minimum Gasteiger partial charge on any atom is -0.507 e. The van der Waals surface area contributed by atoms with Gasteiger partial charge in [-0.2, -0.15) is 0 Å². The highest BCUT2D eigenvalue weighted by molar-refractivity contribution is 5.42. The molecule has 1 aromatic carbocycles. The largest absolute Gasteiger partial charge is 0.507 e. The fraction of sp³-hybridized carbons (Fsp3) is 0.400. The molecule has 0 saturated heterocycles. The number of hydrogen-bond donors (Lipinski definition) is 2. The van der Waals surface area contributed by atoms with E-state index >= 15 is 0 Å². The van der Waals surface area contributed by atoms with E-state index in [0.29, 0.717) is 5.56 Å². The summed E-state index contributed by atoms with van der Waals surface area (Å²) in [7, 11) is 1.71. The lowest BCUT2D eigenvalue weighted by Crippen LogP contribution is -2.12. The molecule has 4 heteroatoms. The monoisotopic (exact) mass is 201 g/mol. The molecular formula is C10H13F2NO. The smallest absolute Gasteiger partial charge is 0.267 e. The van der Waals surface area contributed by atoms with E-state index in [1.54, 1.807) is 20.0 Å². The summed E-state index contributed by atoms with van der Waals surface area (Å²) >= 11 is 0. The van der Waals surface area contributed by atoms with Gasteiger partial charge in [0.15, 0.2) is 0 Å². The Bertz CT molecular complexity index is 315. The molecule has 0 saturated carbocycles. The highest BCUT2D eigenvalue weighted by Gasteiger charge is 2.17. The zero-order valence-electron chi connectivity index (χ0n) is 8.09. The van der Waals surface area contributed by atoms with Crippen molar-refractivity contribution in [1.29, 1.82) is 0 Å². The normalized spacial score (nSPS) is 13.2. The van der Waals surface area contributed by atoms with Gasteiger partial charge in [0.25, 0.3) is 6.43 Å². The van der Waals surface area contributed by atoms with Crippen LogP contribution in [0.25, 0.3) is 0 Å². The van der Waals surface area contributed by atoms with Crippen LogP contribution in [0.2, 0.25) is 0 Å². The van der Waals surface area contributed by atoms with Crippen molar-refractivity contribution >= 4 is 0 Å². The maximum Gasteiger partial charge on any atom is 0.267 e. The number of nitrogens with one attached hydrogen (secondary N) is 1. The lowest BCUT2D eigenvalue weighted by molar-refractivity contribution is 0.147. The SMILES string of the molecule is CNC(C)c1cccc(C(F)F)c1O. The molecule has 0 aliphatic carbocycles. The van der Waals surface area contributed by atoms with E-state index in [4.69, 9.17) is 0 Å². The van der Waals surface area contributed by atoms with Crippen molar-refractivity contribution in [3.05, 3.63) is 29.3 Å². The first-order valence-corrected chi connectivity index (χ1v) is 4.35. The van der Waals surface area contributed by atoms with Crippen LogP contribution in [0, 0.1) is 0 Å². The minimum atomic E-state index is -2.64. The lowest BCUT2D eigenvalue weighted by atomic mass is 10.0. The van der Waals surface area contributed by atoms with Gasteiger partial charge in [-0.3, -0.25) is 0 Å². The summed E-state index contributed by atoms with van der Waals surface area (Å²) in [6.45, 7) is 1.80. The van der Waals surface area contributed by atoms with Crippen LogP contribution >= 0.6 is 0 Å².